The molecule has 0 aromatic heterocycles. The predicted molar refractivity (Wildman–Crippen MR) is 100 cm³/mol. The van der Waals surface area contributed by atoms with E-state index in [4.69, 9.17) is 9.47 Å². The fourth-order valence-corrected chi connectivity index (χ4v) is 4.98. The lowest BCUT2D eigenvalue weighted by Crippen LogP contribution is -2.44. The topological polar surface area (TPSA) is 64.6 Å². The molecule has 1 aliphatic rings. The standard InChI is InChI=1S/C19H27NO4Si/c1-13-15(12-25(5,6)14-10-8-7-9-11-14)23-17(21)16(13)20-18(22)24-19(2,3)4/h7-13,16H,1-6H3,(H,20,22)/b15-12+/t13-,16+/m1/s1. The Labute approximate surface area is 150 Å². The highest BCUT2D eigenvalue weighted by molar-refractivity contribution is 6.94. The molecule has 2 atom stereocenters. The van der Waals surface area contributed by atoms with Crippen molar-refractivity contribution in [2.24, 2.45) is 5.92 Å². The molecule has 2 rings (SSSR count). The molecule has 0 saturated carbocycles. The van der Waals surface area contributed by atoms with Gasteiger partial charge in [0.05, 0.1) is 0 Å². The van der Waals surface area contributed by atoms with Crippen molar-refractivity contribution >= 4 is 25.3 Å². The number of rotatable bonds is 3. The molecule has 5 nitrogen and oxygen atoms in total. The van der Waals surface area contributed by atoms with Crippen LogP contribution < -0.4 is 10.5 Å². The van der Waals surface area contributed by atoms with Gasteiger partial charge in [0.1, 0.15) is 25.5 Å². The van der Waals surface area contributed by atoms with E-state index in [9.17, 15) is 9.59 Å². The molecule has 1 aromatic carbocycles. The maximum Gasteiger partial charge on any atom is 0.408 e. The number of carbonyl (C=O) groups excluding carboxylic acids is 2. The lowest BCUT2D eigenvalue weighted by Gasteiger charge is -2.22. The van der Waals surface area contributed by atoms with Gasteiger partial charge >= 0.3 is 12.1 Å². The lowest BCUT2D eigenvalue weighted by atomic mass is 10.0. The van der Waals surface area contributed by atoms with Gasteiger partial charge in [-0.2, -0.15) is 0 Å². The van der Waals surface area contributed by atoms with Gasteiger partial charge in [-0.25, -0.2) is 9.59 Å². The predicted octanol–water partition coefficient (Wildman–Crippen LogP) is 3.11. The number of hydrogen-bond acceptors (Lipinski definition) is 4. The van der Waals surface area contributed by atoms with Crippen molar-refractivity contribution in [2.45, 2.75) is 52.4 Å². The van der Waals surface area contributed by atoms with Crippen molar-refractivity contribution in [1.29, 1.82) is 0 Å². The minimum Gasteiger partial charge on any atom is -0.444 e. The van der Waals surface area contributed by atoms with Crippen molar-refractivity contribution in [3.05, 3.63) is 41.8 Å². The van der Waals surface area contributed by atoms with E-state index in [1.807, 2.05) is 25.1 Å². The second-order valence-corrected chi connectivity index (χ2v) is 12.3. The van der Waals surface area contributed by atoms with E-state index in [0.717, 1.165) is 0 Å². The van der Waals surface area contributed by atoms with E-state index in [2.05, 4.69) is 36.2 Å². The molecule has 0 spiro atoms. The Balaban J connectivity index is 2.15. The van der Waals surface area contributed by atoms with E-state index in [-0.39, 0.29) is 5.92 Å². The summed E-state index contributed by atoms with van der Waals surface area (Å²) in [7, 11) is -1.91. The van der Waals surface area contributed by atoms with Crippen LogP contribution in [0.3, 0.4) is 0 Å². The first-order valence-corrected chi connectivity index (χ1v) is 11.6. The molecule has 0 aliphatic carbocycles. The van der Waals surface area contributed by atoms with Crippen LogP contribution in [0.25, 0.3) is 0 Å². The van der Waals surface area contributed by atoms with Crippen LogP contribution in [-0.2, 0) is 14.3 Å². The van der Waals surface area contributed by atoms with Crippen LogP contribution in [-0.4, -0.2) is 31.8 Å². The maximum atomic E-state index is 12.2. The van der Waals surface area contributed by atoms with Crippen molar-refractivity contribution in [3.8, 4) is 0 Å². The zero-order chi connectivity index (χ0) is 18.8. The van der Waals surface area contributed by atoms with E-state index in [1.165, 1.54) is 5.19 Å². The van der Waals surface area contributed by atoms with Crippen molar-refractivity contribution in [1.82, 2.24) is 5.32 Å². The molecular formula is C19H27NO4Si. The average Bonchev–Trinajstić information content (AvgIpc) is 2.73. The van der Waals surface area contributed by atoms with Gasteiger partial charge in [0, 0.05) is 5.92 Å². The first-order valence-electron chi connectivity index (χ1n) is 8.49. The molecule has 0 radical (unpaired) electrons. The Hall–Kier alpha value is -2.08. The third kappa shape index (κ3) is 4.95. The number of benzene rings is 1. The SMILES string of the molecule is C[C@@H]1/C(=C\[Si](C)(C)c2ccccc2)OC(=O)[C@H]1NC(=O)OC(C)(C)C. The largest absolute Gasteiger partial charge is 0.444 e. The molecule has 1 saturated heterocycles. The molecular weight excluding hydrogens is 334 g/mol. The van der Waals surface area contributed by atoms with Crippen LogP contribution in [0.15, 0.2) is 41.8 Å². The highest BCUT2D eigenvalue weighted by Gasteiger charge is 2.41. The molecule has 1 N–H and O–H groups in total. The van der Waals surface area contributed by atoms with Crippen LogP contribution >= 0.6 is 0 Å². The Kier molecular flexibility index (Phi) is 5.42. The van der Waals surface area contributed by atoms with Crippen LogP contribution in [0.1, 0.15) is 27.7 Å². The Morgan fingerprint density at radius 3 is 2.40 bits per heavy atom. The summed E-state index contributed by atoms with van der Waals surface area (Å²) in [5, 5.41) is 3.89. The second kappa shape index (κ2) is 7.04. The van der Waals surface area contributed by atoms with Gasteiger partial charge in [0.25, 0.3) is 0 Å². The zero-order valence-electron chi connectivity index (χ0n) is 15.8. The van der Waals surface area contributed by atoms with Gasteiger partial charge in [0.15, 0.2) is 0 Å². The molecule has 1 heterocycles. The van der Waals surface area contributed by atoms with Crippen molar-refractivity contribution in [2.75, 3.05) is 0 Å². The molecule has 25 heavy (non-hydrogen) atoms. The first kappa shape index (κ1) is 19.2. The Morgan fingerprint density at radius 2 is 1.84 bits per heavy atom. The first-order chi connectivity index (χ1) is 11.5. The summed E-state index contributed by atoms with van der Waals surface area (Å²) in [4.78, 5) is 24.2. The quantitative estimate of drug-likeness (QED) is 0.664. The molecule has 1 amide bonds. The number of hydrogen-bond donors (Lipinski definition) is 1. The Morgan fingerprint density at radius 1 is 1.24 bits per heavy atom. The third-order valence-corrected chi connectivity index (χ3v) is 6.94. The second-order valence-electron chi connectivity index (χ2n) is 7.97. The molecule has 0 bridgehead atoms. The normalized spacial score (nSPS) is 22.6. The highest BCUT2D eigenvalue weighted by atomic mass is 28.3. The van der Waals surface area contributed by atoms with Crippen LogP contribution in [0.4, 0.5) is 4.79 Å². The summed E-state index contributed by atoms with van der Waals surface area (Å²) in [5.74, 6) is -0.0374. The van der Waals surface area contributed by atoms with Gasteiger partial charge in [0.2, 0.25) is 0 Å². The molecule has 0 unspecified atom stereocenters. The molecule has 1 aliphatic heterocycles. The fraction of sp³-hybridized carbons (Fsp3) is 0.474. The van der Waals surface area contributed by atoms with E-state index < -0.39 is 31.8 Å². The number of ether oxygens (including phenoxy) is 2. The third-order valence-electron chi connectivity index (χ3n) is 4.11. The number of esters is 1. The molecule has 6 heteroatoms. The summed E-state index contributed by atoms with van der Waals surface area (Å²) in [6.45, 7) is 11.6. The van der Waals surface area contributed by atoms with Gasteiger partial charge in [-0.15, -0.1) is 0 Å². The number of nitrogens with one attached hydrogen (secondary N) is 1. The van der Waals surface area contributed by atoms with E-state index >= 15 is 0 Å². The van der Waals surface area contributed by atoms with Crippen LogP contribution in [0, 0.1) is 5.92 Å². The van der Waals surface area contributed by atoms with E-state index in [1.54, 1.807) is 20.8 Å². The van der Waals surface area contributed by atoms with E-state index in [0.29, 0.717) is 5.76 Å². The van der Waals surface area contributed by atoms with Gasteiger partial charge < -0.3 is 14.8 Å². The number of amides is 1. The number of cyclic esters (lactones) is 1. The maximum absolute atomic E-state index is 12.2. The van der Waals surface area contributed by atoms with Gasteiger partial charge in [-0.1, -0.05) is 61.2 Å². The molecule has 136 valence electrons. The van der Waals surface area contributed by atoms with Crippen LogP contribution in [0.2, 0.25) is 13.1 Å². The van der Waals surface area contributed by atoms with Crippen LogP contribution in [0.5, 0.6) is 0 Å². The lowest BCUT2D eigenvalue weighted by molar-refractivity contribution is -0.137. The highest BCUT2D eigenvalue weighted by Crippen LogP contribution is 2.28. The molecule has 1 aromatic rings. The summed E-state index contributed by atoms with van der Waals surface area (Å²) < 4.78 is 10.7. The summed E-state index contributed by atoms with van der Waals surface area (Å²) in [5.41, 5.74) is 1.47. The minimum atomic E-state index is -1.91. The number of carbonyl (C=O) groups is 2. The summed E-state index contributed by atoms with van der Waals surface area (Å²) in [6, 6.07) is 9.49. The number of alkyl carbamates (subject to hydrolysis) is 1. The van der Waals surface area contributed by atoms with Crippen molar-refractivity contribution in [3.63, 3.8) is 0 Å². The van der Waals surface area contributed by atoms with Gasteiger partial charge in [-0.05, 0) is 20.8 Å². The fourth-order valence-electron chi connectivity index (χ4n) is 2.73. The minimum absolute atomic E-state index is 0.226. The van der Waals surface area contributed by atoms with Gasteiger partial charge in [-0.3, -0.25) is 0 Å². The monoisotopic (exact) mass is 361 g/mol. The smallest absolute Gasteiger partial charge is 0.408 e. The average molecular weight is 362 g/mol. The zero-order valence-corrected chi connectivity index (χ0v) is 16.8. The molecule has 1 fully saturated rings. The summed E-state index contributed by atoms with van der Waals surface area (Å²) >= 11 is 0. The Bertz CT molecular complexity index is 676. The summed E-state index contributed by atoms with van der Waals surface area (Å²) in [6.07, 6.45) is -0.609. The van der Waals surface area contributed by atoms with Crippen molar-refractivity contribution < 1.29 is 19.1 Å².